The number of oxime groups is 2. The van der Waals surface area contributed by atoms with Crippen molar-refractivity contribution < 1.29 is 14.8 Å². The highest BCUT2D eigenvalue weighted by Gasteiger charge is 2.25. The standard InChI is InChI=1S/C15H20N2O3S/c1-8-9(2)11(4)14(18)12(10(8)3)13(16-19-5)15-17-20-6-7-21-15/h18H,6-7H2,1-5H3. The Balaban J connectivity index is 2.67. The topological polar surface area (TPSA) is 63.4 Å². The van der Waals surface area contributed by atoms with Gasteiger partial charge in [0.05, 0.1) is 5.56 Å². The van der Waals surface area contributed by atoms with E-state index < -0.39 is 0 Å². The third kappa shape index (κ3) is 2.85. The summed E-state index contributed by atoms with van der Waals surface area (Å²) in [5, 5.41) is 19.3. The third-order valence-corrected chi connectivity index (χ3v) is 4.75. The number of phenols is 1. The van der Waals surface area contributed by atoms with Gasteiger partial charge in [-0.3, -0.25) is 0 Å². The fourth-order valence-electron chi connectivity index (χ4n) is 2.28. The minimum absolute atomic E-state index is 0.222. The zero-order valence-corrected chi connectivity index (χ0v) is 13.8. The van der Waals surface area contributed by atoms with Crippen LogP contribution in [0.5, 0.6) is 5.75 Å². The van der Waals surface area contributed by atoms with Crippen LogP contribution in [0.2, 0.25) is 0 Å². The molecular weight excluding hydrogens is 288 g/mol. The molecule has 0 unspecified atom stereocenters. The number of rotatable bonds is 3. The van der Waals surface area contributed by atoms with E-state index in [0.29, 0.717) is 22.9 Å². The van der Waals surface area contributed by atoms with Crippen molar-refractivity contribution in [2.45, 2.75) is 27.7 Å². The van der Waals surface area contributed by atoms with E-state index in [1.165, 1.54) is 7.11 Å². The van der Waals surface area contributed by atoms with Gasteiger partial charge in [-0.25, -0.2) is 0 Å². The van der Waals surface area contributed by atoms with E-state index in [1.807, 2.05) is 27.7 Å². The zero-order chi connectivity index (χ0) is 15.6. The Morgan fingerprint density at radius 2 is 1.86 bits per heavy atom. The quantitative estimate of drug-likeness (QED) is 0.688. The summed E-state index contributed by atoms with van der Waals surface area (Å²) < 4.78 is 0. The van der Waals surface area contributed by atoms with Gasteiger partial charge >= 0.3 is 0 Å². The average molecular weight is 308 g/mol. The molecule has 0 fully saturated rings. The van der Waals surface area contributed by atoms with Crippen LogP contribution >= 0.6 is 11.8 Å². The lowest BCUT2D eigenvalue weighted by molar-refractivity contribution is 0.160. The van der Waals surface area contributed by atoms with Gasteiger partial charge in [0.15, 0.2) is 5.04 Å². The van der Waals surface area contributed by atoms with Crippen LogP contribution in [0.15, 0.2) is 10.3 Å². The van der Waals surface area contributed by atoms with E-state index in [2.05, 4.69) is 10.3 Å². The normalized spacial score (nSPS) is 15.5. The second-order valence-electron chi connectivity index (χ2n) is 4.92. The first-order valence-corrected chi connectivity index (χ1v) is 7.71. The molecule has 2 rings (SSSR count). The van der Waals surface area contributed by atoms with Gasteiger partial charge in [0.1, 0.15) is 25.2 Å². The SMILES string of the molecule is CON=C(C1=NOCCS1)c1c(C)c(C)c(C)c(C)c1O. The van der Waals surface area contributed by atoms with Crippen LogP contribution in [0.3, 0.4) is 0 Å². The zero-order valence-electron chi connectivity index (χ0n) is 13.0. The average Bonchev–Trinajstić information content (AvgIpc) is 2.51. The van der Waals surface area contributed by atoms with Gasteiger partial charge in [0.25, 0.3) is 0 Å². The molecule has 1 aromatic carbocycles. The van der Waals surface area contributed by atoms with Crippen LogP contribution in [0.25, 0.3) is 0 Å². The van der Waals surface area contributed by atoms with Gasteiger partial charge in [-0.05, 0) is 49.9 Å². The Morgan fingerprint density at radius 1 is 1.19 bits per heavy atom. The minimum atomic E-state index is 0.222. The Labute approximate surface area is 129 Å². The summed E-state index contributed by atoms with van der Waals surface area (Å²) in [7, 11) is 1.48. The predicted molar refractivity (Wildman–Crippen MR) is 86.4 cm³/mol. The van der Waals surface area contributed by atoms with Gasteiger partial charge in [-0.2, -0.15) is 0 Å². The summed E-state index contributed by atoms with van der Waals surface area (Å²) in [6.45, 7) is 8.49. The number of hydrogen-bond acceptors (Lipinski definition) is 6. The molecule has 114 valence electrons. The van der Waals surface area contributed by atoms with Crippen molar-refractivity contribution >= 4 is 22.5 Å². The van der Waals surface area contributed by atoms with E-state index in [4.69, 9.17) is 9.68 Å². The minimum Gasteiger partial charge on any atom is -0.507 e. The Kier molecular flexibility index (Phi) is 4.77. The van der Waals surface area contributed by atoms with Gasteiger partial charge in [-0.15, -0.1) is 0 Å². The number of benzene rings is 1. The molecule has 0 bridgehead atoms. The molecule has 0 radical (unpaired) electrons. The van der Waals surface area contributed by atoms with Crippen LogP contribution in [-0.4, -0.2) is 35.3 Å². The first kappa shape index (κ1) is 15.7. The first-order chi connectivity index (χ1) is 9.99. The lowest BCUT2D eigenvalue weighted by Gasteiger charge is -2.19. The molecule has 1 aromatic rings. The van der Waals surface area contributed by atoms with Gasteiger partial charge < -0.3 is 14.8 Å². The Hall–Kier alpha value is -1.69. The Bertz CT molecular complexity index is 595. The number of nitrogens with zero attached hydrogens (tertiary/aromatic N) is 2. The molecule has 1 N–H and O–H groups in total. The highest BCUT2D eigenvalue weighted by atomic mass is 32.2. The van der Waals surface area contributed by atoms with Gasteiger partial charge in [0.2, 0.25) is 0 Å². The molecule has 6 heteroatoms. The molecule has 0 aliphatic carbocycles. The molecule has 21 heavy (non-hydrogen) atoms. The van der Waals surface area contributed by atoms with E-state index in [1.54, 1.807) is 11.8 Å². The summed E-state index contributed by atoms with van der Waals surface area (Å²) in [6.07, 6.45) is 0. The summed E-state index contributed by atoms with van der Waals surface area (Å²) >= 11 is 1.54. The lowest BCUT2D eigenvalue weighted by Crippen LogP contribution is -2.20. The molecule has 1 heterocycles. The van der Waals surface area contributed by atoms with E-state index >= 15 is 0 Å². The number of thioether (sulfide) groups is 1. The van der Waals surface area contributed by atoms with Crippen molar-refractivity contribution in [3.05, 3.63) is 27.8 Å². The smallest absolute Gasteiger partial charge is 0.165 e. The van der Waals surface area contributed by atoms with E-state index in [0.717, 1.165) is 28.0 Å². The largest absolute Gasteiger partial charge is 0.507 e. The van der Waals surface area contributed by atoms with Crippen LogP contribution in [0.1, 0.15) is 27.8 Å². The number of aromatic hydroxyl groups is 1. The summed E-state index contributed by atoms with van der Waals surface area (Å²) in [5.74, 6) is 1.02. The molecule has 0 atom stereocenters. The molecule has 0 saturated carbocycles. The van der Waals surface area contributed by atoms with Crippen molar-refractivity contribution in [3.63, 3.8) is 0 Å². The Morgan fingerprint density at radius 3 is 2.43 bits per heavy atom. The summed E-state index contributed by atoms with van der Waals surface area (Å²) in [6, 6.07) is 0. The van der Waals surface area contributed by atoms with Crippen LogP contribution in [0, 0.1) is 27.7 Å². The molecule has 5 nitrogen and oxygen atoms in total. The fraction of sp³-hybridized carbons (Fsp3) is 0.467. The third-order valence-electron chi connectivity index (χ3n) is 3.84. The van der Waals surface area contributed by atoms with Crippen LogP contribution in [-0.2, 0) is 9.68 Å². The molecule has 1 aliphatic rings. The second kappa shape index (κ2) is 6.39. The molecule has 0 spiro atoms. The highest BCUT2D eigenvalue weighted by molar-refractivity contribution is 8.15. The maximum Gasteiger partial charge on any atom is 0.165 e. The van der Waals surface area contributed by atoms with Gasteiger partial charge in [0, 0.05) is 5.75 Å². The van der Waals surface area contributed by atoms with E-state index in [-0.39, 0.29) is 5.75 Å². The number of phenolic OH excluding ortho intramolecular Hbond substituents is 1. The maximum atomic E-state index is 10.6. The molecule has 0 amide bonds. The maximum absolute atomic E-state index is 10.6. The monoisotopic (exact) mass is 308 g/mol. The molecule has 0 saturated heterocycles. The first-order valence-electron chi connectivity index (χ1n) is 6.73. The van der Waals surface area contributed by atoms with Crippen molar-refractivity contribution in [1.82, 2.24) is 0 Å². The van der Waals surface area contributed by atoms with Gasteiger partial charge in [-0.1, -0.05) is 22.1 Å². The lowest BCUT2D eigenvalue weighted by atomic mass is 9.91. The van der Waals surface area contributed by atoms with Crippen LogP contribution < -0.4 is 0 Å². The fourth-order valence-corrected chi connectivity index (χ4v) is 3.02. The van der Waals surface area contributed by atoms with E-state index in [9.17, 15) is 5.11 Å². The molecule has 0 aromatic heterocycles. The van der Waals surface area contributed by atoms with Crippen molar-refractivity contribution in [1.29, 1.82) is 0 Å². The summed E-state index contributed by atoms with van der Waals surface area (Å²) in [4.78, 5) is 10.1. The van der Waals surface area contributed by atoms with Crippen molar-refractivity contribution in [2.24, 2.45) is 10.3 Å². The van der Waals surface area contributed by atoms with Crippen LogP contribution in [0.4, 0.5) is 0 Å². The second-order valence-corrected chi connectivity index (χ2v) is 6.01. The highest BCUT2D eigenvalue weighted by Crippen LogP contribution is 2.34. The summed E-state index contributed by atoms with van der Waals surface area (Å²) in [5.41, 5.74) is 5.21. The van der Waals surface area contributed by atoms with Crippen molar-refractivity contribution in [2.75, 3.05) is 19.5 Å². The predicted octanol–water partition coefficient (Wildman–Crippen LogP) is 3.05. The molecule has 1 aliphatic heterocycles. The van der Waals surface area contributed by atoms with Crippen molar-refractivity contribution in [3.8, 4) is 5.75 Å². The number of hydrogen-bond donors (Lipinski definition) is 1. The molecular formula is C15H20N2O3S.